The number of alkyl halides is 3. The summed E-state index contributed by atoms with van der Waals surface area (Å²) >= 11 is 0. The maximum absolute atomic E-state index is 12.3. The van der Waals surface area contributed by atoms with Gasteiger partial charge in [0.15, 0.2) is 0 Å². The molecule has 10 heteroatoms. The molecule has 2 rings (SSSR count). The Morgan fingerprint density at radius 3 is 2.32 bits per heavy atom. The van der Waals surface area contributed by atoms with Gasteiger partial charge in [0.25, 0.3) is 0 Å². The van der Waals surface area contributed by atoms with Crippen LogP contribution in [0.4, 0.5) is 18.0 Å². The summed E-state index contributed by atoms with van der Waals surface area (Å²) in [7, 11) is -5.77. The molecule has 0 aliphatic carbocycles. The second-order valence-electron chi connectivity index (χ2n) is 5.76. The van der Waals surface area contributed by atoms with Crippen LogP contribution in [0.3, 0.4) is 0 Å². The van der Waals surface area contributed by atoms with Crippen LogP contribution in [-0.4, -0.2) is 42.6 Å². The highest BCUT2D eigenvalue weighted by molar-refractivity contribution is 7.87. The van der Waals surface area contributed by atoms with Gasteiger partial charge in [-0.1, -0.05) is 12.2 Å². The van der Waals surface area contributed by atoms with Crippen LogP contribution >= 0.6 is 0 Å². The van der Waals surface area contributed by atoms with Crippen LogP contribution < -0.4 is 0 Å². The van der Waals surface area contributed by atoms with E-state index in [2.05, 4.69) is 4.18 Å². The number of hydrogen-bond acceptors (Lipinski definition) is 5. The van der Waals surface area contributed by atoms with E-state index in [4.69, 9.17) is 4.74 Å². The third kappa shape index (κ3) is 3.06. The molecule has 22 heavy (non-hydrogen) atoms. The van der Waals surface area contributed by atoms with Crippen LogP contribution in [0.1, 0.15) is 20.8 Å². The van der Waals surface area contributed by atoms with Gasteiger partial charge in [0.05, 0.1) is 6.04 Å². The SMILES string of the molecule is CC(C)(C)OC(=O)N1C2C=CC1C(OS(=O)(=O)C(F)(F)F)=C2. The van der Waals surface area contributed by atoms with Gasteiger partial charge in [0.2, 0.25) is 0 Å². The molecular formula is C12H14F3NO5S. The quantitative estimate of drug-likeness (QED) is 0.438. The lowest BCUT2D eigenvalue weighted by molar-refractivity contribution is -0.0525. The van der Waals surface area contributed by atoms with Crippen LogP contribution in [0.15, 0.2) is 24.0 Å². The summed E-state index contributed by atoms with van der Waals surface area (Å²) in [6.07, 6.45) is 3.29. The fourth-order valence-corrected chi connectivity index (χ4v) is 2.53. The summed E-state index contributed by atoms with van der Waals surface area (Å²) in [5, 5.41) is 0. The predicted octanol–water partition coefficient (Wildman–Crippen LogP) is 2.29. The van der Waals surface area contributed by atoms with Crippen molar-refractivity contribution >= 4 is 16.2 Å². The van der Waals surface area contributed by atoms with Crippen molar-refractivity contribution in [3.63, 3.8) is 0 Å². The predicted molar refractivity (Wildman–Crippen MR) is 68.9 cm³/mol. The van der Waals surface area contributed by atoms with Crippen molar-refractivity contribution in [2.45, 2.75) is 44.0 Å². The normalized spacial score (nSPS) is 24.5. The molecule has 2 heterocycles. The molecule has 2 atom stereocenters. The molecule has 1 amide bonds. The summed E-state index contributed by atoms with van der Waals surface area (Å²) in [5.74, 6) is -0.462. The summed E-state index contributed by atoms with van der Waals surface area (Å²) in [6, 6.07) is -1.73. The number of carbonyl (C=O) groups excluding carboxylic acids is 1. The molecule has 0 aromatic rings. The Morgan fingerprint density at radius 1 is 1.23 bits per heavy atom. The fourth-order valence-electron chi connectivity index (χ4n) is 2.03. The standard InChI is InChI=1S/C12H14F3NO5S/c1-11(2,3)20-10(17)16-7-4-5-8(16)9(6-7)21-22(18,19)12(13,14)15/h4-8H,1-3H3. The van der Waals surface area contributed by atoms with Gasteiger partial charge in [-0.3, -0.25) is 4.90 Å². The number of rotatable bonds is 2. The summed E-state index contributed by atoms with van der Waals surface area (Å²) in [6.45, 7) is 4.90. The van der Waals surface area contributed by atoms with E-state index < -0.39 is 45.2 Å². The van der Waals surface area contributed by atoms with Gasteiger partial charge >= 0.3 is 21.7 Å². The molecule has 0 saturated heterocycles. The first-order valence-electron chi connectivity index (χ1n) is 6.24. The Kier molecular flexibility index (Phi) is 3.71. The van der Waals surface area contributed by atoms with Gasteiger partial charge < -0.3 is 8.92 Å². The van der Waals surface area contributed by atoms with Crippen molar-refractivity contribution in [3.8, 4) is 0 Å². The Morgan fingerprint density at radius 2 is 1.82 bits per heavy atom. The molecule has 0 radical (unpaired) electrons. The van der Waals surface area contributed by atoms with E-state index in [-0.39, 0.29) is 0 Å². The first kappa shape index (κ1) is 16.7. The molecule has 2 aliphatic heterocycles. The minimum atomic E-state index is -5.77. The van der Waals surface area contributed by atoms with E-state index in [1.807, 2.05) is 0 Å². The van der Waals surface area contributed by atoms with Crippen molar-refractivity contribution in [2.75, 3.05) is 0 Å². The van der Waals surface area contributed by atoms with E-state index >= 15 is 0 Å². The number of halogens is 3. The Labute approximate surface area is 125 Å². The van der Waals surface area contributed by atoms with Gasteiger partial charge in [-0.2, -0.15) is 21.6 Å². The zero-order chi connectivity index (χ0) is 16.9. The number of nitrogens with zero attached hydrogens (tertiary/aromatic N) is 1. The average molecular weight is 341 g/mol. The highest BCUT2D eigenvalue weighted by Gasteiger charge is 2.52. The Hall–Kier alpha value is -1.71. The zero-order valence-electron chi connectivity index (χ0n) is 11.9. The first-order chi connectivity index (χ1) is 9.82. The maximum atomic E-state index is 12.3. The lowest BCUT2D eigenvalue weighted by Gasteiger charge is -2.27. The number of ether oxygens (including phenoxy) is 1. The minimum absolute atomic E-state index is 0.462. The van der Waals surface area contributed by atoms with E-state index in [0.717, 1.165) is 11.0 Å². The molecule has 0 spiro atoms. The molecule has 124 valence electrons. The monoisotopic (exact) mass is 341 g/mol. The molecule has 2 bridgehead atoms. The average Bonchev–Trinajstić information content (AvgIpc) is 2.80. The van der Waals surface area contributed by atoms with Gasteiger partial charge in [0.1, 0.15) is 17.4 Å². The van der Waals surface area contributed by atoms with Gasteiger partial charge in [0, 0.05) is 0 Å². The van der Waals surface area contributed by atoms with Crippen molar-refractivity contribution in [2.24, 2.45) is 0 Å². The smallest absolute Gasteiger partial charge is 0.444 e. The molecular weight excluding hydrogens is 327 g/mol. The van der Waals surface area contributed by atoms with Crippen molar-refractivity contribution in [3.05, 3.63) is 24.0 Å². The molecule has 0 saturated carbocycles. The Balaban J connectivity index is 2.14. The van der Waals surface area contributed by atoms with Crippen molar-refractivity contribution in [1.82, 2.24) is 4.90 Å². The molecule has 0 aromatic carbocycles. The van der Waals surface area contributed by atoms with Crippen molar-refractivity contribution < 1.29 is 35.3 Å². The van der Waals surface area contributed by atoms with Gasteiger partial charge in [-0.05, 0) is 26.8 Å². The number of amides is 1. The van der Waals surface area contributed by atoms with Gasteiger partial charge in [-0.25, -0.2) is 4.79 Å². The van der Waals surface area contributed by atoms with Crippen LogP contribution in [0.5, 0.6) is 0 Å². The number of hydrogen-bond donors (Lipinski definition) is 0. The highest BCUT2D eigenvalue weighted by Crippen LogP contribution is 2.37. The lowest BCUT2D eigenvalue weighted by atomic mass is 10.2. The topological polar surface area (TPSA) is 72.9 Å². The summed E-state index contributed by atoms with van der Waals surface area (Å²) in [5.41, 5.74) is -6.33. The highest BCUT2D eigenvalue weighted by atomic mass is 32.2. The summed E-state index contributed by atoms with van der Waals surface area (Å²) < 4.78 is 68.4. The third-order valence-electron chi connectivity index (χ3n) is 2.83. The van der Waals surface area contributed by atoms with E-state index in [1.165, 1.54) is 6.08 Å². The summed E-state index contributed by atoms with van der Waals surface area (Å²) in [4.78, 5) is 13.1. The number of carbonyl (C=O) groups is 1. The first-order valence-corrected chi connectivity index (χ1v) is 7.65. The second kappa shape index (κ2) is 4.90. The van der Waals surface area contributed by atoms with E-state index in [1.54, 1.807) is 26.8 Å². The Bertz CT molecular complexity index is 645. The third-order valence-corrected chi connectivity index (χ3v) is 3.81. The molecule has 2 unspecified atom stereocenters. The molecule has 2 aliphatic rings. The maximum Gasteiger partial charge on any atom is 0.534 e. The fraction of sp³-hybridized carbons (Fsp3) is 0.583. The number of fused-ring (bicyclic) bond motifs is 2. The van der Waals surface area contributed by atoms with Crippen LogP contribution in [0.2, 0.25) is 0 Å². The lowest BCUT2D eigenvalue weighted by Crippen LogP contribution is -2.41. The van der Waals surface area contributed by atoms with E-state index in [0.29, 0.717) is 0 Å². The largest absolute Gasteiger partial charge is 0.534 e. The van der Waals surface area contributed by atoms with Gasteiger partial charge in [-0.15, -0.1) is 0 Å². The van der Waals surface area contributed by atoms with Crippen LogP contribution in [-0.2, 0) is 19.0 Å². The molecule has 0 aromatic heterocycles. The molecule has 0 N–H and O–H groups in total. The second-order valence-corrected chi connectivity index (χ2v) is 7.30. The minimum Gasteiger partial charge on any atom is -0.444 e. The van der Waals surface area contributed by atoms with E-state index in [9.17, 15) is 26.4 Å². The van der Waals surface area contributed by atoms with Crippen molar-refractivity contribution in [1.29, 1.82) is 0 Å². The zero-order valence-corrected chi connectivity index (χ0v) is 12.7. The molecule has 0 fully saturated rings. The van der Waals surface area contributed by atoms with Crippen LogP contribution in [0.25, 0.3) is 0 Å². The molecule has 6 nitrogen and oxygen atoms in total. The van der Waals surface area contributed by atoms with Crippen LogP contribution in [0, 0.1) is 0 Å².